The molecule has 0 aliphatic heterocycles. The van der Waals surface area contributed by atoms with Crippen molar-refractivity contribution in [2.45, 2.75) is 70.6 Å². The minimum Gasteiger partial charge on any atom is -0.411 e. The van der Waals surface area contributed by atoms with Crippen LogP contribution in [0.3, 0.4) is 0 Å². The molecule has 1 amide bonds. The summed E-state index contributed by atoms with van der Waals surface area (Å²) in [4.78, 5) is 13.0. The molecule has 4 N–H and O–H groups in total. The van der Waals surface area contributed by atoms with Crippen LogP contribution in [0.25, 0.3) is 16.6 Å². The number of anilines is 1. The van der Waals surface area contributed by atoms with Gasteiger partial charge in [-0.15, -0.1) is 0 Å². The van der Waals surface area contributed by atoms with Crippen molar-refractivity contribution in [2.24, 2.45) is 5.16 Å². The van der Waals surface area contributed by atoms with Crippen molar-refractivity contribution >= 4 is 50.8 Å². The summed E-state index contributed by atoms with van der Waals surface area (Å²) >= 11 is 1.95. The number of hydrogen-bond acceptors (Lipinski definition) is 7. The highest BCUT2D eigenvalue weighted by molar-refractivity contribution is 14.1. The van der Waals surface area contributed by atoms with Crippen molar-refractivity contribution in [3.05, 3.63) is 58.1 Å². The summed E-state index contributed by atoms with van der Waals surface area (Å²) in [5, 5.41) is 45.7. The van der Waals surface area contributed by atoms with Gasteiger partial charge in [0.15, 0.2) is 0 Å². The van der Waals surface area contributed by atoms with Crippen LogP contribution < -0.4 is 5.32 Å². The number of halogens is 1. The van der Waals surface area contributed by atoms with Crippen molar-refractivity contribution < 1.29 is 20.2 Å². The molecular formula is C27H33IN6O4. The zero-order chi connectivity index (χ0) is 27.7. The van der Waals surface area contributed by atoms with Crippen LogP contribution in [0.5, 0.6) is 0 Å². The molecule has 2 aromatic heterocycles. The highest BCUT2D eigenvalue weighted by Crippen LogP contribution is 2.36. The van der Waals surface area contributed by atoms with Crippen molar-refractivity contribution in [2.75, 3.05) is 5.32 Å². The Bertz CT molecular complexity index is 1420. The van der Waals surface area contributed by atoms with Crippen LogP contribution in [0.4, 0.5) is 5.69 Å². The number of nitrogens with zero attached hydrogens (tertiary/aromatic N) is 5. The van der Waals surface area contributed by atoms with Crippen LogP contribution in [-0.2, 0) is 10.4 Å². The van der Waals surface area contributed by atoms with Gasteiger partial charge >= 0.3 is 0 Å². The van der Waals surface area contributed by atoms with Crippen LogP contribution >= 0.6 is 22.6 Å². The number of aliphatic hydroxyl groups is 2. The van der Waals surface area contributed by atoms with E-state index in [0.29, 0.717) is 26.2 Å². The van der Waals surface area contributed by atoms with Crippen LogP contribution in [-0.4, -0.2) is 52.2 Å². The average Bonchev–Trinajstić information content (AvgIpc) is 3.50. The minimum atomic E-state index is -1.07. The lowest BCUT2D eigenvalue weighted by Gasteiger charge is -2.33. The molecule has 11 heteroatoms. The molecule has 0 saturated heterocycles. The molecule has 0 spiro atoms. The molecular weight excluding hydrogens is 599 g/mol. The van der Waals surface area contributed by atoms with Crippen LogP contribution in [0.15, 0.2) is 57.7 Å². The fourth-order valence-corrected chi connectivity index (χ4v) is 4.72. The Kier molecular flexibility index (Phi) is 8.09. The Hall–Kier alpha value is -3.03. The van der Waals surface area contributed by atoms with Crippen LogP contribution in [0, 0.1) is 0 Å². The van der Waals surface area contributed by atoms with Gasteiger partial charge in [-0.25, -0.2) is 4.68 Å². The molecule has 1 aromatic carbocycles. The lowest BCUT2D eigenvalue weighted by Crippen LogP contribution is -2.31. The first kappa shape index (κ1) is 28.0. The first-order valence-electron chi connectivity index (χ1n) is 12.4. The molecule has 1 saturated carbocycles. The molecule has 0 atom stereocenters. The highest BCUT2D eigenvalue weighted by Gasteiger charge is 2.30. The van der Waals surface area contributed by atoms with Gasteiger partial charge in [0.2, 0.25) is 0 Å². The predicted molar refractivity (Wildman–Crippen MR) is 155 cm³/mol. The lowest BCUT2D eigenvalue weighted by atomic mass is 9.84. The fraction of sp³-hybridized carbons (Fsp3) is 0.407. The van der Waals surface area contributed by atoms with Crippen molar-refractivity contribution in [1.82, 2.24) is 19.6 Å². The van der Waals surface area contributed by atoms with Gasteiger partial charge in [-0.05, 0) is 100 Å². The Morgan fingerprint density at radius 1 is 1.29 bits per heavy atom. The number of oxime groups is 1. The standard InChI is InChI=1S/C27H33IN6O4/c1-17(32-38)6-5-7-21(28)25(35)30-23-12-18-15-33(20-8-10-27(4,37)11-9-20)31-22(18)13-24(23)34-16-19(14-29-34)26(2,3)36/h5-7,12-16,20,36-38H,8-11H2,1-4H3,(H,30,35)/b6-5-,21-7-,32-17+/t20-,27-. The molecule has 0 radical (unpaired) electrons. The second-order valence-electron chi connectivity index (χ2n) is 10.6. The minimum absolute atomic E-state index is 0.192. The number of carbonyl (C=O) groups excluding carboxylic acids is 1. The topological polar surface area (TPSA) is 138 Å². The van der Waals surface area contributed by atoms with E-state index in [1.165, 1.54) is 0 Å². The summed E-state index contributed by atoms with van der Waals surface area (Å²) in [5.74, 6) is -0.314. The largest absolute Gasteiger partial charge is 0.411 e. The van der Waals surface area contributed by atoms with E-state index in [1.807, 2.05) is 52.5 Å². The molecule has 0 unspecified atom stereocenters. The summed E-state index contributed by atoms with van der Waals surface area (Å²) in [6.45, 7) is 6.89. The molecule has 38 heavy (non-hydrogen) atoms. The number of nitrogens with one attached hydrogen (secondary N) is 1. The van der Waals surface area contributed by atoms with Crippen molar-refractivity contribution in [3.63, 3.8) is 0 Å². The van der Waals surface area contributed by atoms with Gasteiger partial charge in [0.1, 0.15) is 0 Å². The SMILES string of the molecule is CC(/C=C\C=C(/I)C(=O)Nc1cc2cn([C@H]3CC[C@](C)(O)CC3)nc2cc1-n1cc(C(C)(C)O)cn1)=N\O. The van der Waals surface area contributed by atoms with Gasteiger partial charge in [-0.3, -0.25) is 9.48 Å². The zero-order valence-corrected chi connectivity index (χ0v) is 24.0. The van der Waals surface area contributed by atoms with Gasteiger partial charge in [0.05, 0.1) is 49.6 Å². The van der Waals surface area contributed by atoms with Crippen LogP contribution in [0.2, 0.25) is 0 Å². The molecule has 1 fully saturated rings. The quantitative estimate of drug-likeness (QED) is 0.0725. The maximum absolute atomic E-state index is 13.0. The summed E-state index contributed by atoms with van der Waals surface area (Å²) in [7, 11) is 0. The maximum Gasteiger partial charge on any atom is 0.261 e. The maximum atomic E-state index is 13.0. The highest BCUT2D eigenvalue weighted by atomic mass is 127. The number of aromatic nitrogens is 4. The van der Waals surface area contributed by atoms with Crippen molar-refractivity contribution in [3.8, 4) is 5.69 Å². The number of carbonyl (C=O) groups is 1. The monoisotopic (exact) mass is 632 g/mol. The normalized spacial score (nSPS) is 21.4. The van der Waals surface area contributed by atoms with E-state index in [0.717, 1.165) is 36.6 Å². The fourth-order valence-electron chi connectivity index (χ4n) is 4.38. The third-order valence-electron chi connectivity index (χ3n) is 6.78. The molecule has 4 rings (SSSR count). The molecule has 1 aliphatic carbocycles. The van der Waals surface area contributed by atoms with E-state index >= 15 is 0 Å². The Morgan fingerprint density at radius 3 is 2.63 bits per heavy atom. The Balaban J connectivity index is 1.71. The second-order valence-corrected chi connectivity index (χ2v) is 11.7. The number of benzene rings is 1. The number of amides is 1. The molecule has 3 aromatic rings. The number of rotatable bonds is 7. The summed E-state index contributed by atoms with van der Waals surface area (Å²) in [6.07, 6.45) is 13.3. The summed E-state index contributed by atoms with van der Waals surface area (Å²) < 4.78 is 4.01. The van der Waals surface area contributed by atoms with Crippen LogP contribution in [0.1, 0.15) is 65.0 Å². The van der Waals surface area contributed by atoms with Gasteiger partial charge in [0.25, 0.3) is 5.91 Å². The van der Waals surface area contributed by atoms with E-state index in [9.17, 15) is 15.0 Å². The summed E-state index contributed by atoms with van der Waals surface area (Å²) in [6, 6.07) is 3.94. The number of fused-ring (bicyclic) bond motifs is 1. The molecule has 202 valence electrons. The first-order chi connectivity index (χ1) is 17.9. The molecule has 2 heterocycles. The van der Waals surface area contributed by atoms with Crippen molar-refractivity contribution in [1.29, 1.82) is 0 Å². The third-order valence-corrected chi connectivity index (χ3v) is 7.63. The number of allylic oxidation sites excluding steroid dienone is 3. The third kappa shape index (κ3) is 6.51. The average molecular weight is 633 g/mol. The molecule has 1 aliphatic rings. The van der Waals surface area contributed by atoms with Gasteiger partial charge < -0.3 is 20.7 Å². The van der Waals surface area contributed by atoms with E-state index in [2.05, 4.69) is 15.6 Å². The summed E-state index contributed by atoms with van der Waals surface area (Å²) in [5.41, 5.74) is 1.25. The van der Waals surface area contributed by atoms with Gasteiger partial charge in [-0.1, -0.05) is 11.2 Å². The first-order valence-corrected chi connectivity index (χ1v) is 13.5. The Labute approximate surface area is 234 Å². The Morgan fingerprint density at radius 2 is 2.00 bits per heavy atom. The zero-order valence-electron chi connectivity index (χ0n) is 21.9. The van der Waals surface area contributed by atoms with E-state index in [-0.39, 0.29) is 11.9 Å². The molecule has 0 bridgehead atoms. The second kappa shape index (κ2) is 11.0. The van der Waals surface area contributed by atoms with Gasteiger partial charge in [0, 0.05) is 23.3 Å². The van der Waals surface area contributed by atoms with E-state index in [1.54, 1.807) is 56.1 Å². The van der Waals surface area contributed by atoms with Gasteiger partial charge in [-0.2, -0.15) is 10.2 Å². The molecule has 10 nitrogen and oxygen atoms in total. The smallest absolute Gasteiger partial charge is 0.261 e. The van der Waals surface area contributed by atoms with E-state index < -0.39 is 11.2 Å². The van der Waals surface area contributed by atoms with E-state index in [4.69, 9.17) is 10.3 Å². The predicted octanol–water partition coefficient (Wildman–Crippen LogP) is 4.98. The lowest BCUT2D eigenvalue weighted by molar-refractivity contribution is -0.112. The number of hydrogen-bond donors (Lipinski definition) is 4.